The minimum Gasteiger partial charge on any atom is -0.383 e. The van der Waals surface area contributed by atoms with Crippen LogP contribution >= 0.6 is 0 Å². The van der Waals surface area contributed by atoms with E-state index in [0.717, 1.165) is 32.2 Å². The molecule has 0 aromatic rings. The Morgan fingerprint density at radius 2 is 1.48 bits per heavy atom. The van der Waals surface area contributed by atoms with E-state index in [9.17, 15) is 9.59 Å². The second kappa shape index (κ2) is 9.73. The van der Waals surface area contributed by atoms with Crippen LogP contribution in [0.2, 0.25) is 0 Å². The molecular formula is C15H29N3O3. The van der Waals surface area contributed by atoms with Gasteiger partial charge in [0.05, 0.1) is 6.61 Å². The van der Waals surface area contributed by atoms with Crippen molar-refractivity contribution in [3.63, 3.8) is 0 Å². The smallest absolute Gasteiger partial charge is 0.223 e. The highest BCUT2D eigenvalue weighted by molar-refractivity contribution is 5.81. The number of amides is 2. The lowest BCUT2D eigenvalue weighted by Crippen LogP contribution is -2.39. The summed E-state index contributed by atoms with van der Waals surface area (Å²) in [5.74, 6) is 0.344. The van der Waals surface area contributed by atoms with Gasteiger partial charge in [-0.15, -0.1) is 0 Å². The van der Waals surface area contributed by atoms with E-state index in [1.54, 1.807) is 7.11 Å². The van der Waals surface area contributed by atoms with Gasteiger partial charge < -0.3 is 20.3 Å². The van der Waals surface area contributed by atoms with Crippen LogP contribution in [0.4, 0.5) is 0 Å². The van der Waals surface area contributed by atoms with E-state index in [0.29, 0.717) is 19.7 Å². The highest BCUT2D eigenvalue weighted by Gasteiger charge is 2.29. The largest absolute Gasteiger partial charge is 0.383 e. The highest BCUT2D eigenvalue weighted by atomic mass is 16.5. The minimum atomic E-state index is 0.0488. The van der Waals surface area contributed by atoms with Crippen molar-refractivity contribution in [3.05, 3.63) is 0 Å². The predicted octanol–water partition coefficient (Wildman–Crippen LogP) is 0.233. The Morgan fingerprint density at radius 1 is 1.00 bits per heavy atom. The highest BCUT2D eigenvalue weighted by Crippen LogP contribution is 2.28. The van der Waals surface area contributed by atoms with Crippen molar-refractivity contribution in [1.82, 2.24) is 15.5 Å². The number of likely N-dealkylation sites (N-methyl/N-ethyl adjacent to an activating group) is 1. The number of rotatable bonds is 8. The maximum Gasteiger partial charge on any atom is 0.223 e. The molecule has 1 aliphatic rings. The molecule has 0 aromatic carbocycles. The van der Waals surface area contributed by atoms with Crippen LogP contribution in [-0.2, 0) is 14.3 Å². The zero-order valence-electron chi connectivity index (χ0n) is 13.5. The molecule has 0 radical (unpaired) electrons. The van der Waals surface area contributed by atoms with E-state index >= 15 is 0 Å². The van der Waals surface area contributed by atoms with Crippen LogP contribution in [-0.4, -0.2) is 64.2 Å². The van der Waals surface area contributed by atoms with Crippen molar-refractivity contribution in [2.75, 3.05) is 47.4 Å². The molecule has 0 saturated heterocycles. The van der Waals surface area contributed by atoms with Gasteiger partial charge in [-0.25, -0.2) is 0 Å². The number of nitrogens with zero attached hydrogens (tertiary/aromatic N) is 1. The van der Waals surface area contributed by atoms with E-state index in [-0.39, 0.29) is 23.7 Å². The molecule has 0 unspecified atom stereocenters. The van der Waals surface area contributed by atoms with E-state index in [1.807, 2.05) is 19.0 Å². The van der Waals surface area contributed by atoms with Crippen molar-refractivity contribution in [3.8, 4) is 0 Å². The summed E-state index contributed by atoms with van der Waals surface area (Å²) < 4.78 is 4.91. The summed E-state index contributed by atoms with van der Waals surface area (Å²) in [4.78, 5) is 26.0. The lowest BCUT2D eigenvalue weighted by molar-refractivity contribution is -0.130. The molecule has 1 fully saturated rings. The Morgan fingerprint density at radius 3 is 1.90 bits per heavy atom. The topological polar surface area (TPSA) is 70.7 Å². The normalized spacial score (nSPS) is 22.1. The zero-order chi connectivity index (χ0) is 15.7. The first-order valence-corrected chi connectivity index (χ1v) is 7.73. The fraction of sp³-hybridized carbons (Fsp3) is 0.867. The number of nitrogens with one attached hydrogen (secondary N) is 2. The summed E-state index contributed by atoms with van der Waals surface area (Å²) in [6.45, 7) is 2.63. The van der Waals surface area contributed by atoms with Gasteiger partial charge in [0, 0.05) is 38.6 Å². The van der Waals surface area contributed by atoms with Gasteiger partial charge in [-0.2, -0.15) is 0 Å². The van der Waals surface area contributed by atoms with Crippen LogP contribution in [0, 0.1) is 11.8 Å². The Labute approximate surface area is 127 Å². The number of hydrogen-bond acceptors (Lipinski definition) is 4. The van der Waals surface area contributed by atoms with Crippen LogP contribution in [0.1, 0.15) is 25.7 Å². The van der Waals surface area contributed by atoms with E-state index in [2.05, 4.69) is 10.6 Å². The number of carbonyl (C=O) groups excluding carboxylic acids is 2. The standard InChI is InChI=1S/C15H29N3O3/c1-18(2)10-8-16-14(19)12-4-6-13(7-5-12)15(20)17-9-11-21-3/h12-13H,4-11H2,1-3H3,(H,16,19)(H,17,20). The third kappa shape index (κ3) is 6.91. The van der Waals surface area contributed by atoms with Gasteiger partial charge in [0.15, 0.2) is 0 Å². The van der Waals surface area contributed by atoms with Crippen molar-refractivity contribution < 1.29 is 14.3 Å². The fourth-order valence-corrected chi connectivity index (χ4v) is 2.59. The zero-order valence-corrected chi connectivity index (χ0v) is 13.5. The predicted molar refractivity (Wildman–Crippen MR) is 81.9 cm³/mol. The molecule has 6 heteroatoms. The van der Waals surface area contributed by atoms with Gasteiger partial charge in [-0.3, -0.25) is 9.59 Å². The molecule has 0 atom stereocenters. The summed E-state index contributed by atoms with van der Waals surface area (Å²) >= 11 is 0. The Balaban J connectivity index is 2.21. The first kappa shape index (κ1) is 17.9. The number of carbonyl (C=O) groups is 2. The number of hydrogen-bond donors (Lipinski definition) is 2. The quantitative estimate of drug-likeness (QED) is 0.630. The van der Waals surface area contributed by atoms with Crippen LogP contribution in [0.25, 0.3) is 0 Å². The average molecular weight is 299 g/mol. The first-order valence-electron chi connectivity index (χ1n) is 7.73. The Hall–Kier alpha value is -1.14. The van der Waals surface area contributed by atoms with Crippen LogP contribution < -0.4 is 10.6 Å². The van der Waals surface area contributed by atoms with Gasteiger partial charge in [0.1, 0.15) is 0 Å². The average Bonchev–Trinajstić information content (AvgIpc) is 2.47. The summed E-state index contributed by atoms with van der Waals surface area (Å²) in [6, 6.07) is 0. The van der Waals surface area contributed by atoms with Crippen molar-refractivity contribution in [2.24, 2.45) is 11.8 Å². The van der Waals surface area contributed by atoms with Gasteiger partial charge in [-0.1, -0.05) is 0 Å². The molecule has 1 aliphatic carbocycles. The molecule has 0 spiro atoms. The fourth-order valence-electron chi connectivity index (χ4n) is 2.59. The second-order valence-electron chi connectivity index (χ2n) is 5.93. The van der Waals surface area contributed by atoms with E-state index in [4.69, 9.17) is 4.74 Å². The number of ether oxygens (including phenoxy) is 1. The Bertz CT molecular complexity index is 326. The SMILES string of the molecule is COCCNC(=O)C1CCC(C(=O)NCCN(C)C)CC1. The van der Waals surface area contributed by atoms with Crippen molar-refractivity contribution in [1.29, 1.82) is 0 Å². The third-order valence-corrected chi connectivity index (χ3v) is 3.93. The lowest BCUT2D eigenvalue weighted by Gasteiger charge is -2.27. The third-order valence-electron chi connectivity index (χ3n) is 3.93. The molecule has 2 amide bonds. The van der Waals surface area contributed by atoms with Crippen molar-refractivity contribution >= 4 is 11.8 Å². The summed E-state index contributed by atoms with van der Waals surface area (Å²) in [6.07, 6.45) is 3.20. The molecule has 0 aliphatic heterocycles. The molecule has 0 bridgehead atoms. The molecule has 122 valence electrons. The summed E-state index contributed by atoms with van der Waals surface area (Å²) in [5.41, 5.74) is 0. The van der Waals surface area contributed by atoms with Gasteiger partial charge in [0.25, 0.3) is 0 Å². The first-order chi connectivity index (χ1) is 10.0. The second-order valence-corrected chi connectivity index (χ2v) is 5.93. The molecule has 0 aromatic heterocycles. The van der Waals surface area contributed by atoms with Crippen LogP contribution in [0.3, 0.4) is 0 Å². The maximum absolute atomic E-state index is 12.0. The number of methoxy groups -OCH3 is 1. The lowest BCUT2D eigenvalue weighted by atomic mass is 9.81. The molecule has 0 heterocycles. The molecule has 2 N–H and O–H groups in total. The molecule has 1 saturated carbocycles. The van der Waals surface area contributed by atoms with Crippen LogP contribution in [0.15, 0.2) is 0 Å². The minimum absolute atomic E-state index is 0.0488. The molecule has 21 heavy (non-hydrogen) atoms. The monoisotopic (exact) mass is 299 g/mol. The van der Waals surface area contributed by atoms with Crippen molar-refractivity contribution in [2.45, 2.75) is 25.7 Å². The molecule has 6 nitrogen and oxygen atoms in total. The van der Waals surface area contributed by atoms with Gasteiger partial charge in [0.2, 0.25) is 11.8 Å². The van der Waals surface area contributed by atoms with E-state index < -0.39 is 0 Å². The molecular weight excluding hydrogens is 270 g/mol. The van der Waals surface area contributed by atoms with Gasteiger partial charge >= 0.3 is 0 Å². The van der Waals surface area contributed by atoms with Gasteiger partial charge in [-0.05, 0) is 39.8 Å². The maximum atomic E-state index is 12.0. The molecule has 1 rings (SSSR count). The van der Waals surface area contributed by atoms with E-state index in [1.165, 1.54) is 0 Å². The Kier molecular flexibility index (Phi) is 8.30. The summed E-state index contributed by atoms with van der Waals surface area (Å²) in [5, 5.41) is 5.85. The summed E-state index contributed by atoms with van der Waals surface area (Å²) in [7, 11) is 5.59. The van der Waals surface area contributed by atoms with Crippen LogP contribution in [0.5, 0.6) is 0 Å².